The minimum atomic E-state index is -3.43. The molecule has 2 heterocycles. The van der Waals surface area contributed by atoms with Crippen LogP contribution in [0.5, 0.6) is 17.2 Å². The number of carbonyl (C=O) groups is 1. The third-order valence-electron chi connectivity index (χ3n) is 6.33. The molecule has 2 aromatic carbocycles. The number of rotatable bonds is 13. The van der Waals surface area contributed by atoms with Crippen LogP contribution in [0.3, 0.4) is 0 Å². The molecule has 0 unspecified atom stereocenters. The average molecular weight is 569 g/mol. The van der Waals surface area contributed by atoms with Crippen LogP contribution >= 0.6 is 0 Å². The number of Topliss-reactive ketones (excluding diaryl/α,β-unsaturated/α-hetero) is 1. The van der Waals surface area contributed by atoms with E-state index in [-0.39, 0.29) is 18.8 Å². The van der Waals surface area contributed by atoms with Gasteiger partial charge in [-0.2, -0.15) is 0 Å². The third-order valence-corrected chi connectivity index (χ3v) is 7.09. The van der Waals surface area contributed by atoms with Crippen LogP contribution in [0.4, 0.5) is 0 Å². The number of hydrogen-bond donors (Lipinski definition) is 1. The van der Waals surface area contributed by atoms with E-state index in [4.69, 9.17) is 23.4 Å². The third kappa shape index (κ3) is 6.61. The summed E-state index contributed by atoms with van der Waals surface area (Å²) < 4.78 is 53.6. The lowest BCUT2D eigenvalue weighted by Gasteiger charge is -2.16. The van der Waals surface area contributed by atoms with Crippen molar-refractivity contribution in [1.29, 1.82) is 0 Å². The lowest BCUT2D eigenvalue weighted by Crippen LogP contribution is -2.37. The van der Waals surface area contributed by atoms with Gasteiger partial charge < -0.3 is 23.4 Å². The zero-order valence-corrected chi connectivity index (χ0v) is 23.8. The van der Waals surface area contributed by atoms with E-state index in [0.717, 1.165) is 22.9 Å². The molecule has 0 aliphatic rings. The van der Waals surface area contributed by atoms with Crippen LogP contribution < -0.4 is 18.9 Å². The van der Waals surface area contributed by atoms with Gasteiger partial charge in [0.15, 0.2) is 22.9 Å². The lowest BCUT2D eigenvalue weighted by molar-refractivity contribution is 0.0968. The molecule has 212 valence electrons. The highest BCUT2D eigenvalue weighted by Crippen LogP contribution is 2.42. The van der Waals surface area contributed by atoms with Crippen molar-refractivity contribution >= 4 is 26.9 Å². The Kier molecular flexibility index (Phi) is 9.08. The summed E-state index contributed by atoms with van der Waals surface area (Å²) >= 11 is 0. The molecule has 0 fully saturated rings. The maximum absolute atomic E-state index is 13.0. The van der Waals surface area contributed by atoms with Crippen LogP contribution in [0, 0.1) is 0 Å². The first kappa shape index (κ1) is 29.1. The maximum Gasteiger partial charge on any atom is 0.209 e. The molecule has 4 aromatic rings. The first-order chi connectivity index (χ1) is 19.2. The summed E-state index contributed by atoms with van der Waals surface area (Å²) in [5.74, 6) is 1.92. The summed E-state index contributed by atoms with van der Waals surface area (Å²) in [7, 11) is 2.70. The number of fused-ring (bicyclic) bond motifs is 1. The van der Waals surface area contributed by atoms with E-state index in [1.165, 1.54) is 7.11 Å². The first-order valence-electron chi connectivity index (χ1n) is 12.5. The van der Waals surface area contributed by atoms with Crippen LogP contribution in [0.15, 0.2) is 59.1 Å². The normalized spacial score (nSPS) is 12.3. The second-order valence-corrected chi connectivity index (χ2v) is 11.0. The molecule has 1 N–H and O–H groups in total. The van der Waals surface area contributed by atoms with E-state index in [9.17, 15) is 13.2 Å². The summed E-state index contributed by atoms with van der Waals surface area (Å²) in [6.07, 6.45) is 3.22. The minimum Gasteiger partial charge on any atom is -0.493 e. The smallest absolute Gasteiger partial charge is 0.209 e. The maximum atomic E-state index is 13.0. The highest BCUT2D eigenvalue weighted by Gasteiger charge is 2.20. The van der Waals surface area contributed by atoms with Gasteiger partial charge in [0, 0.05) is 48.5 Å². The Balaban J connectivity index is 1.64. The number of benzene rings is 2. The molecule has 1 atom stereocenters. The Bertz CT molecular complexity index is 1590. The summed E-state index contributed by atoms with van der Waals surface area (Å²) in [6, 6.07) is 14.0. The molecule has 4 rings (SSSR count). The molecule has 0 aliphatic carbocycles. The van der Waals surface area contributed by atoms with Gasteiger partial charge in [0.05, 0.1) is 34.2 Å². The van der Waals surface area contributed by atoms with Gasteiger partial charge in [0.1, 0.15) is 11.3 Å². The highest BCUT2D eigenvalue weighted by atomic mass is 32.2. The number of aromatic nitrogens is 1. The predicted octanol–water partition coefficient (Wildman–Crippen LogP) is 4.71. The van der Waals surface area contributed by atoms with Gasteiger partial charge in [-0.3, -0.25) is 9.78 Å². The van der Waals surface area contributed by atoms with Gasteiger partial charge in [0.25, 0.3) is 0 Å². The molecular formula is C29H32N2O8S. The zero-order chi connectivity index (χ0) is 28.9. The van der Waals surface area contributed by atoms with Crippen LogP contribution in [0.25, 0.3) is 33.6 Å². The summed E-state index contributed by atoms with van der Waals surface area (Å²) in [4.78, 5) is 17.5. The molecule has 2 aromatic heterocycles. The number of sulfonamides is 1. The Labute approximate surface area is 233 Å². The van der Waals surface area contributed by atoms with Crippen LogP contribution in [-0.2, 0) is 14.8 Å². The second-order valence-electron chi connectivity index (χ2n) is 9.18. The number of furan rings is 1. The molecule has 0 amide bonds. The van der Waals surface area contributed by atoms with Crippen LogP contribution in [0.2, 0.25) is 0 Å². The molecule has 11 heteroatoms. The predicted molar refractivity (Wildman–Crippen MR) is 152 cm³/mol. The van der Waals surface area contributed by atoms with E-state index in [2.05, 4.69) is 9.71 Å². The second kappa shape index (κ2) is 12.5. The van der Waals surface area contributed by atoms with Crippen molar-refractivity contribution in [3.05, 3.63) is 60.3 Å². The number of hydrogen-bond acceptors (Lipinski definition) is 9. The first-order valence-corrected chi connectivity index (χ1v) is 14.3. The molecule has 0 aliphatic heterocycles. The van der Waals surface area contributed by atoms with Gasteiger partial charge in [-0.15, -0.1) is 0 Å². The SMILES string of the molecule is COC[C@@H](CCC(=O)c1cccc(-c2ccnc3cc(-c4cc(OC)c(OC)c(OC)c4)oc23)c1)NS(C)(=O)=O. The minimum absolute atomic E-state index is 0.110. The van der Waals surface area contributed by atoms with Crippen molar-refractivity contribution in [2.24, 2.45) is 0 Å². The van der Waals surface area contributed by atoms with Crippen molar-refractivity contribution < 1.29 is 36.6 Å². The molecule has 0 bridgehead atoms. The number of carbonyl (C=O) groups excluding carboxylic acids is 1. The Morgan fingerprint density at radius 1 is 0.975 bits per heavy atom. The highest BCUT2D eigenvalue weighted by molar-refractivity contribution is 7.88. The summed E-state index contributed by atoms with van der Waals surface area (Å²) in [5.41, 5.74) is 3.99. The summed E-state index contributed by atoms with van der Waals surface area (Å²) in [6.45, 7) is 0.169. The molecule has 0 radical (unpaired) electrons. The Morgan fingerprint density at radius 2 is 1.70 bits per heavy atom. The molecule has 40 heavy (non-hydrogen) atoms. The largest absolute Gasteiger partial charge is 0.493 e. The van der Waals surface area contributed by atoms with E-state index in [0.29, 0.717) is 46.1 Å². The van der Waals surface area contributed by atoms with Gasteiger partial charge >= 0.3 is 0 Å². The van der Waals surface area contributed by atoms with Crippen molar-refractivity contribution in [2.45, 2.75) is 18.9 Å². The lowest BCUT2D eigenvalue weighted by atomic mass is 9.98. The number of methoxy groups -OCH3 is 4. The van der Waals surface area contributed by atoms with Crippen molar-refractivity contribution in [3.63, 3.8) is 0 Å². The Morgan fingerprint density at radius 3 is 2.33 bits per heavy atom. The standard InChI is InChI=1S/C29H32N2O8S/c1-35-17-21(31-40(5,33)34)9-10-24(32)19-8-6-7-18(13-19)22-11-12-30-23-16-25(39-28(22)23)20-14-26(36-2)29(38-4)27(15-20)37-3/h6-8,11-16,21,31H,9-10,17H2,1-5H3/t21-/m1/s1. The van der Waals surface area contributed by atoms with E-state index >= 15 is 0 Å². The molecule has 0 saturated carbocycles. The number of ketones is 1. The molecule has 0 saturated heterocycles. The number of nitrogens with one attached hydrogen (secondary N) is 1. The molecular weight excluding hydrogens is 536 g/mol. The van der Waals surface area contributed by atoms with E-state index < -0.39 is 16.1 Å². The molecule has 0 spiro atoms. The van der Waals surface area contributed by atoms with Gasteiger partial charge in [-0.1, -0.05) is 18.2 Å². The quantitative estimate of drug-likeness (QED) is 0.228. The number of pyridine rings is 1. The van der Waals surface area contributed by atoms with Crippen LogP contribution in [-0.4, -0.2) is 66.5 Å². The van der Waals surface area contributed by atoms with E-state index in [1.807, 2.05) is 18.2 Å². The monoisotopic (exact) mass is 568 g/mol. The zero-order valence-electron chi connectivity index (χ0n) is 23.0. The topological polar surface area (TPSA) is 126 Å². The van der Waals surface area contributed by atoms with Gasteiger partial charge in [-0.05, 0) is 36.2 Å². The van der Waals surface area contributed by atoms with Crippen molar-refractivity contribution in [2.75, 3.05) is 41.3 Å². The number of ether oxygens (including phenoxy) is 4. The number of nitrogens with zero attached hydrogens (tertiary/aromatic N) is 1. The fourth-order valence-corrected chi connectivity index (χ4v) is 5.31. The van der Waals surface area contributed by atoms with Gasteiger partial charge in [0.2, 0.25) is 15.8 Å². The van der Waals surface area contributed by atoms with Gasteiger partial charge in [-0.25, -0.2) is 13.1 Å². The Hall–Kier alpha value is -3.93. The summed E-state index contributed by atoms with van der Waals surface area (Å²) in [5, 5.41) is 0. The van der Waals surface area contributed by atoms with Crippen molar-refractivity contribution in [1.82, 2.24) is 9.71 Å². The molecule has 10 nitrogen and oxygen atoms in total. The van der Waals surface area contributed by atoms with E-state index in [1.54, 1.807) is 57.9 Å². The fourth-order valence-electron chi connectivity index (χ4n) is 4.52. The fraction of sp³-hybridized carbons (Fsp3) is 0.310. The average Bonchev–Trinajstić information content (AvgIpc) is 3.39. The van der Waals surface area contributed by atoms with Crippen molar-refractivity contribution in [3.8, 4) is 39.7 Å². The van der Waals surface area contributed by atoms with Crippen LogP contribution in [0.1, 0.15) is 23.2 Å².